The predicted molar refractivity (Wildman–Crippen MR) is 191 cm³/mol. The highest BCUT2D eigenvalue weighted by Gasteiger charge is 2.17. The van der Waals surface area contributed by atoms with Crippen molar-refractivity contribution in [3.63, 3.8) is 0 Å². The van der Waals surface area contributed by atoms with Gasteiger partial charge >= 0.3 is 0 Å². The summed E-state index contributed by atoms with van der Waals surface area (Å²) in [6.07, 6.45) is 0. The second-order valence-electron chi connectivity index (χ2n) is 11.3. The molecule has 0 aliphatic heterocycles. The smallest absolute Gasteiger partial charge is 0.108 e. The van der Waals surface area contributed by atoms with E-state index in [-0.39, 0.29) is 11.4 Å². The first-order valence-corrected chi connectivity index (χ1v) is 15.3. The molecule has 2 aromatic heterocycles. The molecule has 0 saturated heterocycles. The summed E-state index contributed by atoms with van der Waals surface area (Å²) in [5, 5.41) is 6.20. The van der Waals surface area contributed by atoms with Gasteiger partial charge in [0.1, 0.15) is 11.4 Å². The van der Waals surface area contributed by atoms with Crippen molar-refractivity contribution in [2.24, 2.45) is 10.4 Å². The molecular weight excluding hydrogens is 596 g/mol. The van der Waals surface area contributed by atoms with Crippen LogP contribution in [0, 0.1) is 9.81 Å². The second-order valence-corrected chi connectivity index (χ2v) is 11.3. The van der Waals surface area contributed by atoms with E-state index in [1.807, 2.05) is 109 Å². The minimum atomic E-state index is 0.278. The van der Waals surface area contributed by atoms with E-state index < -0.39 is 0 Å². The molecule has 0 aliphatic carbocycles. The Hall–Kier alpha value is -6.80. The van der Waals surface area contributed by atoms with Crippen LogP contribution in [0.2, 0.25) is 0 Å². The van der Waals surface area contributed by atoms with Crippen molar-refractivity contribution in [1.29, 1.82) is 0 Å². The van der Waals surface area contributed by atoms with E-state index in [4.69, 9.17) is 19.9 Å². The van der Waals surface area contributed by atoms with Crippen molar-refractivity contribution in [2.45, 2.75) is 0 Å². The zero-order valence-electron chi connectivity index (χ0n) is 25.4. The van der Waals surface area contributed by atoms with Crippen LogP contribution in [-0.2, 0) is 0 Å². The molecule has 8 nitrogen and oxygen atoms in total. The number of nitroso groups, excluding NO2 is 2. The summed E-state index contributed by atoms with van der Waals surface area (Å²) in [5.41, 5.74) is 11.5. The standard InChI is InChI=1S/C40H24N6O2/c47-45-31-15-7-13-29(21-31)39-40(30-14-8-16-32(22-30)46-48)44-36-24-28(18-20-34(36)42-39)27-17-19-33-35(23-27)43-38(26-11-5-2-6-12-26)37(41-33)25-9-3-1-4-10-25/h1-24H. The minimum Gasteiger partial charge on any atom is -0.244 e. The zero-order chi connectivity index (χ0) is 32.5. The molecule has 0 unspecified atom stereocenters. The van der Waals surface area contributed by atoms with Crippen LogP contribution in [0.25, 0.3) is 78.2 Å². The summed E-state index contributed by atoms with van der Waals surface area (Å²) >= 11 is 0. The summed E-state index contributed by atoms with van der Waals surface area (Å²) in [4.78, 5) is 43.0. The lowest BCUT2D eigenvalue weighted by Gasteiger charge is -2.13. The summed E-state index contributed by atoms with van der Waals surface area (Å²) in [6, 6.07) is 46.0. The molecule has 6 aromatic carbocycles. The highest BCUT2D eigenvalue weighted by atomic mass is 16.3. The van der Waals surface area contributed by atoms with E-state index in [1.54, 1.807) is 36.4 Å². The first kappa shape index (κ1) is 28.7. The van der Waals surface area contributed by atoms with Gasteiger partial charge in [0.25, 0.3) is 0 Å². The van der Waals surface area contributed by atoms with Gasteiger partial charge in [-0.25, -0.2) is 19.9 Å². The number of rotatable bonds is 7. The SMILES string of the molecule is O=Nc1cccc(-c2nc3ccc(-c4ccc5nc(-c6ccccc6)c(-c6ccccc6)nc5c4)cc3nc2-c2cccc(N=O)c2)c1. The van der Waals surface area contributed by atoms with Crippen molar-refractivity contribution in [3.8, 4) is 56.2 Å². The third-order valence-corrected chi connectivity index (χ3v) is 8.21. The van der Waals surface area contributed by atoms with Gasteiger partial charge in [-0.15, -0.1) is 9.81 Å². The molecule has 0 N–H and O–H groups in total. The van der Waals surface area contributed by atoms with Crippen molar-refractivity contribution >= 4 is 33.4 Å². The fraction of sp³-hybridized carbons (Fsp3) is 0. The quantitative estimate of drug-likeness (QED) is 0.164. The first-order valence-electron chi connectivity index (χ1n) is 15.3. The van der Waals surface area contributed by atoms with Gasteiger partial charge in [-0.05, 0) is 70.0 Å². The van der Waals surface area contributed by atoms with Crippen LogP contribution in [0.4, 0.5) is 11.4 Å². The van der Waals surface area contributed by atoms with Crippen molar-refractivity contribution in [2.75, 3.05) is 0 Å². The molecule has 0 bridgehead atoms. The third kappa shape index (κ3) is 5.37. The number of hydrogen-bond acceptors (Lipinski definition) is 8. The number of nitrogens with zero attached hydrogens (tertiary/aromatic N) is 6. The molecule has 0 saturated carbocycles. The maximum Gasteiger partial charge on any atom is 0.108 e. The molecular formula is C40H24N6O2. The molecule has 8 rings (SSSR count). The molecule has 226 valence electrons. The predicted octanol–water partition coefficient (Wildman–Crippen LogP) is 10.7. The lowest BCUT2D eigenvalue weighted by molar-refractivity contribution is 1.29. The number of benzene rings is 6. The summed E-state index contributed by atoms with van der Waals surface area (Å²) in [7, 11) is 0. The highest BCUT2D eigenvalue weighted by molar-refractivity contribution is 5.92. The van der Waals surface area contributed by atoms with Crippen LogP contribution in [0.5, 0.6) is 0 Å². The molecule has 8 heteroatoms. The van der Waals surface area contributed by atoms with Crippen LogP contribution < -0.4 is 0 Å². The van der Waals surface area contributed by atoms with E-state index in [0.717, 1.165) is 44.7 Å². The van der Waals surface area contributed by atoms with E-state index in [0.29, 0.717) is 33.5 Å². The van der Waals surface area contributed by atoms with E-state index >= 15 is 0 Å². The molecule has 0 aliphatic rings. The van der Waals surface area contributed by atoms with Crippen molar-refractivity contribution < 1.29 is 0 Å². The number of fused-ring (bicyclic) bond motifs is 2. The Labute approximate surface area is 274 Å². The normalized spacial score (nSPS) is 11.1. The molecule has 0 spiro atoms. The van der Waals surface area contributed by atoms with E-state index in [2.05, 4.69) is 10.4 Å². The fourth-order valence-electron chi connectivity index (χ4n) is 5.88. The van der Waals surface area contributed by atoms with E-state index in [1.165, 1.54) is 0 Å². The number of aromatic nitrogens is 4. The van der Waals surface area contributed by atoms with Gasteiger partial charge < -0.3 is 0 Å². The van der Waals surface area contributed by atoms with Crippen LogP contribution in [0.1, 0.15) is 0 Å². The molecule has 0 atom stereocenters. The Kier molecular flexibility index (Phi) is 7.28. The molecule has 0 amide bonds. The molecule has 48 heavy (non-hydrogen) atoms. The molecule has 2 heterocycles. The summed E-state index contributed by atoms with van der Waals surface area (Å²) in [6.45, 7) is 0. The average molecular weight is 621 g/mol. The lowest BCUT2D eigenvalue weighted by Crippen LogP contribution is -1.97. The van der Waals surface area contributed by atoms with Gasteiger partial charge in [-0.1, -0.05) is 97.1 Å². The average Bonchev–Trinajstić information content (AvgIpc) is 3.17. The zero-order valence-corrected chi connectivity index (χ0v) is 25.4. The van der Waals surface area contributed by atoms with Gasteiger partial charge in [0.15, 0.2) is 0 Å². The Bertz CT molecular complexity index is 2500. The first-order chi connectivity index (χ1) is 23.7. The fourth-order valence-corrected chi connectivity index (χ4v) is 5.88. The van der Waals surface area contributed by atoms with Crippen molar-refractivity contribution in [1.82, 2.24) is 19.9 Å². The van der Waals surface area contributed by atoms with Gasteiger partial charge in [-0.2, -0.15) is 0 Å². The lowest BCUT2D eigenvalue weighted by atomic mass is 10.0. The van der Waals surface area contributed by atoms with Crippen LogP contribution in [-0.4, -0.2) is 19.9 Å². The Morgan fingerprint density at radius 1 is 0.312 bits per heavy atom. The summed E-state index contributed by atoms with van der Waals surface area (Å²) in [5.74, 6) is 0. The molecule has 8 aromatic rings. The van der Waals surface area contributed by atoms with Gasteiger partial charge in [-0.3, -0.25) is 0 Å². The largest absolute Gasteiger partial charge is 0.244 e. The third-order valence-electron chi connectivity index (χ3n) is 8.21. The van der Waals surface area contributed by atoms with Crippen molar-refractivity contribution in [3.05, 3.63) is 155 Å². The van der Waals surface area contributed by atoms with Gasteiger partial charge in [0.2, 0.25) is 0 Å². The van der Waals surface area contributed by atoms with Crippen LogP contribution >= 0.6 is 0 Å². The van der Waals surface area contributed by atoms with Crippen LogP contribution in [0.3, 0.4) is 0 Å². The summed E-state index contributed by atoms with van der Waals surface area (Å²) < 4.78 is 0. The van der Waals surface area contributed by atoms with E-state index in [9.17, 15) is 9.81 Å². The topological polar surface area (TPSA) is 110 Å². The van der Waals surface area contributed by atoms with Gasteiger partial charge in [0.05, 0.1) is 44.8 Å². The maximum atomic E-state index is 11.4. The Balaban J connectivity index is 1.28. The monoisotopic (exact) mass is 620 g/mol. The second kappa shape index (κ2) is 12.2. The Morgan fingerprint density at radius 3 is 1.10 bits per heavy atom. The minimum absolute atomic E-state index is 0.278. The maximum absolute atomic E-state index is 11.4. The molecule has 0 fully saturated rings. The van der Waals surface area contributed by atoms with Crippen LogP contribution in [0.15, 0.2) is 156 Å². The van der Waals surface area contributed by atoms with Gasteiger partial charge in [0, 0.05) is 22.3 Å². The Morgan fingerprint density at radius 2 is 0.688 bits per heavy atom. The molecule has 0 radical (unpaired) electrons. The highest BCUT2D eigenvalue weighted by Crippen LogP contribution is 2.36. The number of hydrogen-bond donors (Lipinski definition) is 0.